The van der Waals surface area contributed by atoms with Gasteiger partial charge < -0.3 is 14.2 Å². The molecule has 1 amide bonds. The molecule has 5 nitrogen and oxygen atoms in total. The van der Waals surface area contributed by atoms with E-state index >= 15 is 0 Å². The van der Waals surface area contributed by atoms with Crippen LogP contribution < -0.4 is 0 Å². The van der Waals surface area contributed by atoms with Crippen LogP contribution in [0.2, 0.25) is 0 Å². The molecular weight excluding hydrogens is 302 g/mol. The van der Waals surface area contributed by atoms with Crippen molar-refractivity contribution < 1.29 is 9.21 Å². The molecule has 0 bridgehead atoms. The first-order valence-corrected chi connectivity index (χ1v) is 9.41. The largest absolute Gasteiger partial charge is 0.459 e. The Morgan fingerprint density at radius 2 is 2.08 bits per heavy atom. The molecule has 0 spiro atoms. The number of carbonyl (C=O) groups excluding carboxylic acids is 1. The number of piperidine rings is 1. The first-order chi connectivity index (χ1) is 11.6. The van der Waals surface area contributed by atoms with Crippen molar-refractivity contribution >= 4 is 5.91 Å². The summed E-state index contributed by atoms with van der Waals surface area (Å²) in [4.78, 5) is 20.0. The van der Waals surface area contributed by atoms with Gasteiger partial charge in [0.05, 0.1) is 6.26 Å². The van der Waals surface area contributed by atoms with E-state index < -0.39 is 0 Å². The maximum absolute atomic E-state index is 12.7. The van der Waals surface area contributed by atoms with Gasteiger partial charge in [-0.15, -0.1) is 0 Å². The number of likely N-dealkylation sites (N-methyl/N-ethyl adjacent to an activating group) is 1. The van der Waals surface area contributed by atoms with Crippen molar-refractivity contribution in [2.45, 2.75) is 44.7 Å². The van der Waals surface area contributed by atoms with Crippen molar-refractivity contribution in [3.63, 3.8) is 0 Å². The predicted molar refractivity (Wildman–Crippen MR) is 93.1 cm³/mol. The molecular formula is C19H29N3O2. The number of nitrogens with zero attached hydrogens (tertiary/aromatic N) is 3. The average Bonchev–Trinajstić information content (AvgIpc) is 3.29. The van der Waals surface area contributed by atoms with Crippen LogP contribution in [0.25, 0.3) is 0 Å². The molecule has 1 aromatic heterocycles. The Morgan fingerprint density at radius 3 is 2.79 bits per heavy atom. The minimum atomic E-state index is 0.0709. The van der Waals surface area contributed by atoms with Crippen LogP contribution in [0.5, 0.6) is 0 Å². The molecule has 3 aliphatic heterocycles. The van der Waals surface area contributed by atoms with E-state index in [0.29, 0.717) is 23.8 Å². The van der Waals surface area contributed by atoms with Gasteiger partial charge in [0, 0.05) is 37.3 Å². The molecule has 3 saturated heterocycles. The van der Waals surface area contributed by atoms with Gasteiger partial charge in [-0.25, -0.2) is 0 Å². The third kappa shape index (κ3) is 2.88. The Balaban J connectivity index is 1.40. The van der Waals surface area contributed by atoms with Crippen LogP contribution in [0, 0.1) is 12.8 Å². The normalized spacial score (nSPS) is 31.6. The lowest BCUT2D eigenvalue weighted by molar-refractivity contribution is 0.0574. The van der Waals surface area contributed by atoms with E-state index in [2.05, 4.69) is 16.8 Å². The topological polar surface area (TPSA) is 39.9 Å². The summed E-state index contributed by atoms with van der Waals surface area (Å²) in [6.07, 6.45) is 6.63. The van der Waals surface area contributed by atoms with Gasteiger partial charge in [0.1, 0.15) is 0 Å². The molecule has 4 rings (SSSR count). The Bertz CT molecular complexity index is 593. The van der Waals surface area contributed by atoms with Gasteiger partial charge in [0.2, 0.25) is 0 Å². The molecule has 3 aliphatic rings. The molecule has 3 atom stereocenters. The number of furan rings is 1. The minimum absolute atomic E-state index is 0.0709. The van der Waals surface area contributed by atoms with Crippen molar-refractivity contribution in [2.75, 3.05) is 39.8 Å². The van der Waals surface area contributed by atoms with Crippen molar-refractivity contribution in [2.24, 2.45) is 5.92 Å². The zero-order chi connectivity index (χ0) is 16.7. The monoisotopic (exact) mass is 331 g/mol. The second-order valence-electron chi connectivity index (χ2n) is 7.86. The number of likely N-dealkylation sites (tertiary alicyclic amines) is 3. The third-order valence-corrected chi connectivity index (χ3v) is 6.38. The van der Waals surface area contributed by atoms with Crippen LogP contribution in [0.4, 0.5) is 0 Å². The van der Waals surface area contributed by atoms with Gasteiger partial charge in [-0.3, -0.25) is 9.69 Å². The Kier molecular flexibility index (Phi) is 4.39. The highest BCUT2D eigenvalue weighted by molar-refractivity contribution is 5.92. The van der Waals surface area contributed by atoms with Crippen LogP contribution in [0.15, 0.2) is 16.7 Å². The first kappa shape index (κ1) is 16.2. The summed E-state index contributed by atoms with van der Waals surface area (Å²) in [5, 5.41) is 0. The number of hydrogen-bond acceptors (Lipinski definition) is 4. The van der Waals surface area contributed by atoms with Gasteiger partial charge >= 0.3 is 0 Å². The fraction of sp³-hybridized carbons (Fsp3) is 0.737. The Labute approximate surface area is 144 Å². The van der Waals surface area contributed by atoms with Gasteiger partial charge in [-0.2, -0.15) is 0 Å². The summed E-state index contributed by atoms with van der Waals surface area (Å²) in [5.41, 5.74) is 0.942. The van der Waals surface area contributed by atoms with E-state index in [-0.39, 0.29) is 5.91 Å². The average molecular weight is 331 g/mol. The SMILES string of the molecule is Cc1ccoc1C(=O)N1CC[C@@H]2[C@@H](C[C@H](CN3CCCC3)N2C)C1. The molecule has 24 heavy (non-hydrogen) atoms. The van der Waals surface area contributed by atoms with Gasteiger partial charge in [-0.05, 0) is 64.7 Å². The van der Waals surface area contributed by atoms with E-state index in [1.54, 1.807) is 6.26 Å². The van der Waals surface area contributed by atoms with Crippen molar-refractivity contribution in [3.05, 3.63) is 23.7 Å². The molecule has 0 aromatic carbocycles. The highest BCUT2D eigenvalue weighted by Crippen LogP contribution is 2.35. The molecule has 0 saturated carbocycles. The number of fused-ring (bicyclic) bond motifs is 1. The lowest BCUT2D eigenvalue weighted by atomic mass is 9.92. The lowest BCUT2D eigenvalue weighted by Crippen LogP contribution is -2.48. The summed E-state index contributed by atoms with van der Waals surface area (Å²) in [6, 6.07) is 3.16. The van der Waals surface area contributed by atoms with Crippen LogP contribution >= 0.6 is 0 Å². The van der Waals surface area contributed by atoms with E-state index in [4.69, 9.17) is 4.42 Å². The van der Waals surface area contributed by atoms with Crippen molar-refractivity contribution in [1.82, 2.24) is 14.7 Å². The van der Waals surface area contributed by atoms with E-state index in [1.807, 2.05) is 17.9 Å². The molecule has 0 radical (unpaired) electrons. The summed E-state index contributed by atoms with van der Waals surface area (Å²) in [7, 11) is 2.29. The zero-order valence-electron chi connectivity index (χ0n) is 14.9. The molecule has 0 aliphatic carbocycles. The van der Waals surface area contributed by atoms with Gasteiger partial charge in [0.15, 0.2) is 5.76 Å². The summed E-state index contributed by atoms with van der Waals surface area (Å²) in [5.74, 6) is 1.20. The second-order valence-corrected chi connectivity index (χ2v) is 7.86. The second kappa shape index (κ2) is 6.52. The lowest BCUT2D eigenvalue weighted by Gasteiger charge is -2.37. The molecule has 0 unspecified atom stereocenters. The number of aryl methyl sites for hydroxylation is 1. The zero-order valence-corrected chi connectivity index (χ0v) is 14.9. The smallest absolute Gasteiger partial charge is 0.289 e. The number of rotatable bonds is 3. The highest BCUT2D eigenvalue weighted by Gasteiger charge is 2.43. The first-order valence-electron chi connectivity index (χ1n) is 9.41. The molecule has 3 fully saturated rings. The van der Waals surface area contributed by atoms with Crippen LogP contribution in [-0.2, 0) is 0 Å². The summed E-state index contributed by atoms with van der Waals surface area (Å²) >= 11 is 0. The van der Waals surface area contributed by atoms with Crippen LogP contribution in [-0.4, -0.2) is 72.5 Å². The van der Waals surface area contributed by atoms with Gasteiger partial charge in [0.25, 0.3) is 5.91 Å². The molecule has 4 heterocycles. The molecule has 132 valence electrons. The van der Waals surface area contributed by atoms with Crippen LogP contribution in [0.1, 0.15) is 41.8 Å². The predicted octanol–water partition coefficient (Wildman–Crippen LogP) is 2.22. The Hall–Kier alpha value is -1.33. The molecule has 0 N–H and O–H groups in total. The van der Waals surface area contributed by atoms with Gasteiger partial charge in [-0.1, -0.05) is 0 Å². The Morgan fingerprint density at radius 1 is 1.29 bits per heavy atom. The fourth-order valence-electron chi connectivity index (χ4n) is 4.96. The van der Waals surface area contributed by atoms with E-state index in [9.17, 15) is 4.79 Å². The maximum Gasteiger partial charge on any atom is 0.289 e. The summed E-state index contributed by atoms with van der Waals surface area (Å²) in [6.45, 7) is 7.41. The van der Waals surface area contributed by atoms with Crippen LogP contribution in [0.3, 0.4) is 0 Å². The standard InChI is InChI=1S/C19H29N3O2/c1-14-6-10-24-18(14)19(23)22-9-5-17-15(12-22)11-16(20(17)2)13-21-7-3-4-8-21/h6,10,15-17H,3-5,7-9,11-13H2,1-2H3/t15-,16+,17+/m0/s1. The van der Waals surface area contributed by atoms with Crippen molar-refractivity contribution in [3.8, 4) is 0 Å². The molecule has 5 heteroatoms. The number of amides is 1. The maximum atomic E-state index is 12.7. The minimum Gasteiger partial charge on any atom is -0.459 e. The van der Waals surface area contributed by atoms with E-state index in [1.165, 1.54) is 38.9 Å². The molecule has 1 aromatic rings. The third-order valence-electron chi connectivity index (χ3n) is 6.38. The summed E-state index contributed by atoms with van der Waals surface area (Å²) < 4.78 is 5.41. The fourth-order valence-corrected chi connectivity index (χ4v) is 4.96. The number of carbonyl (C=O) groups is 1. The quantitative estimate of drug-likeness (QED) is 0.851. The van der Waals surface area contributed by atoms with E-state index in [0.717, 1.165) is 25.1 Å². The number of hydrogen-bond donors (Lipinski definition) is 0. The van der Waals surface area contributed by atoms with Crippen molar-refractivity contribution in [1.29, 1.82) is 0 Å². The highest BCUT2D eigenvalue weighted by atomic mass is 16.3.